The van der Waals surface area contributed by atoms with Crippen LogP contribution in [0, 0.1) is 0 Å². The number of alkyl halides is 2. The summed E-state index contributed by atoms with van der Waals surface area (Å²) in [5.74, 6) is 0. The molecule has 0 aliphatic carbocycles. The summed E-state index contributed by atoms with van der Waals surface area (Å²) in [6, 6.07) is -0.934. The number of sulfonamides is 1. The first-order valence-corrected chi connectivity index (χ1v) is 5.86. The molecule has 0 aliphatic rings. The lowest BCUT2D eigenvalue weighted by Crippen LogP contribution is -2.48. The summed E-state index contributed by atoms with van der Waals surface area (Å²) in [6.07, 6.45) is 0. The van der Waals surface area contributed by atoms with E-state index in [1.807, 2.05) is 0 Å². The SMILES string of the molecule is CC(C)N(C(C)C)S(=O)(=O)C(C)(F)F. The molecule has 0 aromatic carbocycles. The Morgan fingerprint density at radius 1 is 1.07 bits per heavy atom. The van der Waals surface area contributed by atoms with Crippen LogP contribution in [0.3, 0.4) is 0 Å². The van der Waals surface area contributed by atoms with Gasteiger partial charge in [-0.3, -0.25) is 0 Å². The first-order chi connectivity index (χ1) is 6.01. The lowest BCUT2D eigenvalue weighted by atomic mass is 10.3. The van der Waals surface area contributed by atoms with Crippen LogP contribution in [-0.2, 0) is 10.0 Å². The third kappa shape index (κ3) is 2.63. The second kappa shape index (κ2) is 4.10. The van der Waals surface area contributed by atoms with Crippen molar-refractivity contribution in [1.29, 1.82) is 0 Å². The zero-order valence-corrected chi connectivity index (χ0v) is 9.90. The predicted molar refractivity (Wildman–Crippen MR) is 51.7 cm³/mol. The zero-order chi connectivity index (χ0) is 11.7. The van der Waals surface area contributed by atoms with E-state index in [9.17, 15) is 17.2 Å². The van der Waals surface area contributed by atoms with Crippen LogP contribution in [0.25, 0.3) is 0 Å². The summed E-state index contributed by atoms with van der Waals surface area (Å²) in [5, 5.41) is -3.72. The molecule has 0 saturated heterocycles. The van der Waals surface area contributed by atoms with Crippen LogP contribution in [0.1, 0.15) is 34.6 Å². The Bertz CT molecular complexity index is 272. The normalized spacial score (nSPS) is 14.4. The van der Waals surface area contributed by atoms with E-state index in [0.29, 0.717) is 6.92 Å². The van der Waals surface area contributed by atoms with Crippen molar-refractivity contribution in [3.63, 3.8) is 0 Å². The summed E-state index contributed by atoms with van der Waals surface area (Å²) in [4.78, 5) is 0. The number of rotatable bonds is 4. The predicted octanol–water partition coefficient (Wildman–Crippen LogP) is 2.05. The number of halogens is 2. The minimum Gasteiger partial charge on any atom is -0.206 e. The van der Waals surface area contributed by atoms with Crippen molar-refractivity contribution in [3.05, 3.63) is 0 Å². The highest BCUT2D eigenvalue weighted by molar-refractivity contribution is 7.90. The summed E-state index contributed by atoms with van der Waals surface area (Å²) in [7, 11) is -4.54. The van der Waals surface area contributed by atoms with Crippen LogP contribution in [0.2, 0.25) is 0 Å². The van der Waals surface area contributed by atoms with Crippen molar-refractivity contribution < 1.29 is 17.2 Å². The Hall–Kier alpha value is -0.230. The van der Waals surface area contributed by atoms with E-state index < -0.39 is 27.4 Å². The van der Waals surface area contributed by atoms with Crippen molar-refractivity contribution in [2.45, 2.75) is 52.0 Å². The van der Waals surface area contributed by atoms with E-state index in [1.165, 1.54) is 0 Å². The Morgan fingerprint density at radius 2 is 1.36 bits per heavy atom. The minimum absolute atomic E-state index is 0.403. The first kappa shape index (κ1) is 13.8. The van der Waals surface area contributed by atoms with Crippen molar-refractivity contribution >= 4 is 10.0 Å². The molecule has 0 fully saturated rings. The van der Waals surface area contributed by atoms with Gasteiger partial charge in [-0.2, -0.15) is 13.1 Å². The van der Waals surface area contributed by atoms with E-state index in [1.54, 1.807) is 27.7 Å². The molecule has 0 N–H and O–H groups in total. The van der Waals surface area contributed by atoms with Gasteiger partial charge in [-0.1, -0.05) is 0 Å². The van der Waals surface area contributed by atoms with Crippen LogP contribution in [0.4, 0.5) is 8.78 Å². The molecule has 86 valence electrons. The van der Waals surface area contributed by atoms with Crippen molar-refractivity contribution in [2.24, 2.45) is 0 Å². The second-order valence-corrected chi connectivity index (χ2v) is 5.92. The van der Waals surface area contributed by atoms with Gasteiger partial charge in [0, 0.05) is 19.0 Å². The quantitative estimate of drug-likeness (QED) is 0.740. The molecule has 0 rings (SSSR count). The van der Waals surface area contributed by atoms with Gasteiger partial charge in [0.05, 0.1) is 0 Å². The van der Waals surface area contributed by atoms with Gasteiger partial charge in [0.2, 0.25) is 0 Å². The molecule has 0 aliphatic heterocycles. The molecule has 0 heterocycles. The van der Waals surface area contributed by atoms with Gasteiger partial charge in [0.1, 0.15) is 0 Å². The highest BCUT2D eigenvalue weighted by Crippen LogP contribution is 2.27. The van der Waals surface area contributed by atoms with Gasteiger partial charge >= 0.3 is 5.25 Å². The van der Waals surface area contributed by atoms with E-state index in [4.69, 9.17) is 0 Å². The molecule has 0 radical (unpaired) electrons. The Labute approximate surface area is 84.1 Å². The smallest absolute Gasteiger partial charge is 0.206 e. The van der Waals surface area contributed by atoms with Crippen molar-refractivity contribution in [1.82, 2.24) is 4.31 Å². The molecule has 6 heteroatoms. The lowest BCUT2D eigenvalue weighted by molar-refractivity contribution is 0.0988. The molecular formula is C8H17F2NO2S. The van der Waals surface area contributed by atoms with Crippen molar-refractivity contribution in [3.8, 4) is 0 Å². The standard InChI is InChI=1S/C8H17F2NO2S/c1-6(2)11(7(3)4)14(12,13)8(5,9)10/h6-7H,1-5H3. The monoisotopic (exact) mass is 229 g/mol. The molecule has 0 aromatic heterocycles. The summed E-state index contributed by atoms with van der Waals surface area (Å²) in [5.41, 5.74) is 0. The molecule has 0 saturated carbocycles. The number of hydrogen-bond acceptors (Lipinski definition) is 2. The number of nitrogens with zero attached hydrogens (tertiary/aromatic N) is 1. The molecule has 0 aromatic rings. The maximum Gasteiger partial charge on any atom is 0.356 e. The fraction of sp³-hybridized carbons (Fsp3) is 1.00. The third-order valence-electron chi connectivity index (χ3n) is 1.75. The molecule has 0 amide bonds. The second-order valence-electron chi connectivity index (χ2n) is 3.83. The van der Waals surface area contributed by atoms with Gasteiger partial charge in [0.25, 0.3) is 10.0 Å². The summed E-state index contributed by atoms with van der Waals surface area (Å²) >= 11 is 0. The molecular weight excluding hydrogens is 212 g/mol. The van der Waals surface area contributed by atoms with Crippen molar-refractivity contribution in [2.75, 3.05) is 0 Å². The molecule has 0 bridgehead atoms. The fourth-order valence-corrected chi connectivity index (χ4v) is 2.82. The Balaban J connectivity index is 5.24. The zero-order valence-electron chi connectivity index (χ0n) is 9.08. The average Bonchev–Trinajstić information content (AvgIpc) is 1.79. The van der Waals surface area contributed by atoms with Gasteiger partial charge in [-0.15, -0.1) is 0 Å². The lowest BCUT2D eigenvalue weighted by Gasteiger charge is -2.31. The molecule has 3 nitrogen and oxygen atoms in total. The summed E-state index contributed by atoms with van der Waals surface area (Å²) < 4.78 is 49.3. The van der Waals surface area contributed by atoms with Gasteiger partial charge < -0.3 is 0 Å². The van der Waals surface area contributed by atoms with E-state index in [2.05, 4.69) is 0 Å². The molecule has 14 heavy (non-hydrogen) atoms. The molecule has 0 spiro atoms. The average molecular weight is 229 g/mol. The number of hydrogen-bond donors (Lipinski definition) is 0. The van der Waals surface area contributed by atoms with Crippen LogP contribution in [-0.4, -0.2) is 30.1 Å². The Kier molecular flexibility index (Phi) is 4.03. The van der Waals surface area contributed by atoms with Gasteiger partial charge in [-0.25, -0.2) is 8.42 Å². The fourth-order valence-electron chi connectivity index (χ4n) is 1.34. The van der Waals surface area contributed by atoms with Crippen LogP contribution in [0.5, 0.6) is 0 Å². The Morgan fingerprint density at radius 3 is 1.43 bits per heavy atom. The molecule has 0 unspecified atom stereocenters. The van der Waals surface area contributed by atoms with E-state index >= 15 is 0 Å². The van der Waals surface area contributed by atoms with Gasteiger partial charge in [-0.05, 0) is 27.7 Å². The maximum atomic E-state index is 12.8. The third-order valence-corrected chi connectivity index (χ3v) is 4.05. The molecule has 0 atom stereocenters. The topological polar surface area (TPSA) is 37.4 Å². The van der Waals surface area contributed by atoms with Gasteiger partial charge in [0.15, 0.2) is 0 Å². The van der Waals surface area contributed by atoms with Crippen LogP contribution < -0.4 is 0 Å². The van der Waals surface area contributed by atoms with Crippen LogP contribution in [0.15, 0.2) is 0 Å². The minimum atomic E-state index is -4.54. The van der Waals surface area contributed by atoms with E-state index in [0.717, 1.165) is 4.31 Å². The largest absolute Gasteiger partial charge is 0.356 e. The first-order valence-electron chi connectivity index (χ1n) is 4.42. The van der Waals surface area contributed by atoms with E-state index in [-0.39, 0.29) is 0 Å². The highest BCUT2D eigenvalue weighted by atomic mass is 32.2. The summed E-state index contributed by atoms with van der Waals surface area (Å²) in [6.45, 7) is 6.69. The maximum absolute atomic E-state index is 12.8. The van der Waals surface area contributed by atoms with Crippen LogP contribution >= 0.6 is 0 Å². The highest BCUT2D eigenvalue weighted by Gasteiger charge is 2.46.